The first-order valence-corrected chi connectivity index (χ1v) is 10.4. The molecule has 0 aliphatic carbocycles. The molecule has 0 radical (unpaired) electrons. The molecule has 0 unspecified atom stereocenters. The van der Waals surface area contributed by atoms with E-state index >= 15 is 0 Å². The molecule has 0 bridgehead atoms. The molecule has 1 rings (SSSR count). The van der Waals surface area contributed by atoms with Crippen LogP contribution >= 0.6 is 15.2 Å². The summed E-state index contributed by atoms with van der Waals surface area (Å²) in [6.07, 6.45) is 0. The van der Waals surface area contributed by atoms with E-state index < -0.39 is 26.2 Å². The Morgan fingerprint density at radius 2 is 1.04 bits per heavy atom. The summed E-state index contributed by atoms with van der Waals surface area (Å²) in [4.78, 5) is 38.9. The Balaban J connectivity index is 3.84. The lowest BCUT2D eigenvalue weighted by Gasteiger charge is -2.36. The molecule has 0 aromatic heterocycles. The van der Waals surface area contributed by atoms with E-state index in [0.29, 0.717) is 0 Å². The second kappa shape index (κ2) is 7.77. The van der Waals surface area contributed by atoms with Crippen LogP contribution in [0.5, 0.6) is 0 Å². The quantitative estimate of drug-likeness (QED) is 0.363. The molecule has 0 fully saturated rings. The highest BCUT2D eigenvalue weighted by Crippen LogP contribution is 2.61. The van der Waals surface area contributed by atoms with Gasteiger partial charge >= 0.3 is 15.2 Å². The summed E-state index contributed by atoms with van der Waals surface area (Å²) < 4.78 is 44.1. The van der Waals surface area contributed by atoms with Gasteiger partial charge < -0.3 is 38.5 Å². The van der Waals surface area contributed by atoms with Crippen LogP contribution in [0, 0.1) is 13.8 Å². The number of aryl methyl sites for hydroxylation is 2. The Hall–Kier alpha value is -0.640. The fourth-order valence-corrected chi connectivity index (χ4v) is 5.10. The van der Waals surface area contributed by atoms with Gasteiger partial charge in [0.25, 0.3) is 11.1 Å². The lowest BCUT2D eigenvalue weighted by Crippen LogP contribution is -2.34. The minimum Gasteiger partial charge on any atom is -0.340 e. The number of hydrogen-bond acceptors (Lipinski definition) is 6. The zero-order chi connectivity index (χ0) is 20.6. The van der Waals surface area contributed by atoms with E-state index in [2.05, 4.69) is 0 Å². The van der Waals surface area contributed by atoms with E-state index in [1.165, 1.54) is 26.0 Å². The van der Waals surface area contributed by atoms with Crippen molar-refractivity contribution in [2.75, 3.05) is 28.4 Å². The van der Waals surface area contributed by atoms with Crippen molar-refractivity contribution in [2.45, 2.75) is 24.9 Å². The number of methoxy groups -OCH3 is 4. The van der Waals surface area contributed by atoms with E-state index in [1.54, 1.807) is 0 Å². The molecule has 0 aliphatic rings. The van der Waals surface area contributed by atoms with E-state index in [9.17, 15) is 28.7 Å². The van der Waals surface area contributed by atoms with Crippen LogP contribution in [0.3, 0.4) is 0 Å². The van der Waals surface area contributed by atoms with Crippen LogP contribution < -0.4 is 0 Å². The Bertz CT molecular complexity index is 719. The fourth-order valence-electron chi connectivity index (χ4n) is 3.04. The van der Waals surface area contributed by atoms with E-state index in [1.807, 2.05) is 0 Å². The number of benzene rings is 1. The van der Waals surface area contributed by atoms with Gasteiger partial charge in [0.15, 0.2) is 0 Å². The van der Waals surface area contributed by atoms with Crippen LogP contribution in [-0.4, -0.2) is 48.0 Å². The summed E-state index contributed by atoms with van der Waals surface area (Å²) in [5.41, 5.74) is -4.23. The van der Waals surface area contributed by atoms with Crippen LogP contribution in [-0.2, 0) is 39.1 Å². The van der Waals surface area contributed by atoms with Gasteiger partial charge in [0.05, 0.1) is 0 Å². The summed E-state index contributed by atoms with van der Waals surface area (Å²) in [5.74, 6) is 0. The van der Waals surface area contributed by atoms with Crippen LogP contribution in [0.1, 0.15) is 22.3 Å². The van der Waals surface area contributed by atoms with E-state index in [4.69, 9.17) is 18.9 Å². The molecule has 0 saturated carbocycles. The molecule has 4 N–H and O–H groups in total. The molecule has 1 aromatic rings. The Morgan fingerprint density at radius 3 is 1.27 bits per heavy atom. The molecular weight excluding hydrogens is 390 g/mol. The lowest BCUT2D eigenvalue weighted by atomic mass is 9.98. The first kappa shape index (κ1) is 23.4. The third-order valence-electron chi connectivity index (χ3n) is 4.09. The highest BCUT2D eigenvalue weighted by atomic mass is 31.2. The number of hydrogen-bond donors (Lipinski definition) is 4. The predicted molar refractivity (Wildman–Crippen MR) is 91.4 cm³/mol. The standard InChI is InChI=1S/C14H24O10P2/c1-9-7-11(13(21-3,22-4)25(15,16)17)8-10(2)12(9)14(23-5,24-6)26(18,19)20/h7-8H,1-6H3,(H2,15,16,17)(H2,18,19,20). The maximum absolute atomic E-state index is 12.0. The molecule has 1 aromatic carbocycles. The van der Waals surface area contributed by atoms with Crippen molar-refractivity contribution in [3.63, 3.8) is 0 Å². The summed E-state index contributed by atoms with van der Waals surface area (Å²) in [6.45, 7) is 2.98. The first-order valence-electron chi connectivity index (χ1n) is 7.22. The maximum atomic E-state index is 12.0. The van der Waals surface area contributed by atoms with Gasteiger partial charge in [0, 0.05) is 39.6 Å². The van der Waals surface area contributed by atoms with E-state index in [-0.39, 0.29) is 22.3 Å². The highest BCUT2D eigenvalue weighted by Gasteiger charge is 2.54. The van der Waals surface area contributed by atoms with E-state index in [0.717, 1.165) is 28.4 Å². The molecule has 26 heavy (non-hydrogen) atoms. The van der Waals surface area contributed by atoms with Gasteiger partial charge in [-0.2, -0.15) is 0 Å². The molecule has 0 saturated heterocycles. The van der Waals surface area contributed by atoms with Gasteiger partial charge in [-0.1, -0.05) is 0 Å². The summed E-state index contributed by atoms with van der Waals surface area (Å²) in [5, 5.41) is 0. The Labute approximate surface area is 151 Å². The van der Waals surface area contributed by atoms with Gasteiger partial charge in [-0.25, -0.2) is 0 Å². The minimum absolute atomic E-state index is 0.0265. The van der Waals surface area contributed by atoms with Crippen LogP contribution in [0.4, 0.5) is 0 Å². The second-order valence-corrected chi connectivity index (χ2v) is 8.91. The molecule has 0 atom stereocenters. The van der Waals surface area contributed by atoms with Gasteiger partial charge in [0.2, 0.25) is 0 Å². The van der Waals surface area contributed by atoms with Crippen LogP contribution in [0.2, 0.25) is 0 Å². The van der Waals surface area contributed by atoms with Crippen molar-refractivity contribution in [1.82, 2.24) is 0 Å². The molecule has 0 spiro atoms. The summed E-state index contributed by atoms with van der Waals surface area (Å²) in [6, 6.07) is 2.58. The molecule has 0 amide bonds. The lowest BCUT2D eigenvalue weighted by molar-refractivity contribution is -0.165. The van der Waals surface area contributed by atoms with Crippen LogP contribution in [0.25, 0.3) is 0 Å². The normalized spacial score (nSPS) is 13.9. The van der Waals surface area contributed by atoms with Crippen molar-refractivity contribution < 1.29 is 47.7 Å². The number of ether oxygens (including phenoxy) is 4. The zero-order valence-corrected chi connectivity index (χ0v) is 17.1. The molecule has 0 aliphatic heterocycles. The molecular formula is C14H24O10P2. The molecule has 10 nitrogen and oxygen atoms in total. The van der Waals surface area contributed by atoms with Crippen molar-refractivity contribution in [3.05, 3.63) is 34.4 Å². The predicted octanol–water partition coefficient (Wildman–Crippen LogP) is 1.47. The fraction of sp³-hybridized carbons (Fsp3) is 0.571. The van der Waals surface area contributed by atoms with Crippen molar-refractivity contribution in [3.8, 4) is 0 Å². The third kappa shape index (κ3) is 3.55. The molecule has 0 heterocycles. The summed E-state index contributed by atoms with van der Waals surface area (Å²) >= 11 is 0. The average Bonchev–Trinajstić information content (AvgIpc) is 2.50. The minimum atomic E-state index is -4.95. The monoisotopic (exact) mass is 414 g/mol. The SMILES string of the molecule is COC(OC)(c1cc(C)c(C(OC)(OC)P(=O)(O)O)c(C)c1)P(=O)(O)O. The molecule has 150 valence electrons. The highest BCUT2D eigenvalue weighted by molar-refractivity contribution is 7.53. The average molecular weight is 414 g/mol. The topological polar surface area (TPSA) is 152 Å². The zero-order valence-electron chi connectivity index (χ0n) is 15.3. The largest absolute Gasteiger partial charge is 0.389 e. The third-order valence-corrected chi connectivity index (χ3v) is 6.83. The van der Waals surface area contributed by atoms with Gasteiger partial charge in [0.1, 0.15) is 0 Å². The number of rotatable bonds is 8. The van der Waals surface area contributed by atoms with Gasteiger partial charge in [-0.3, -0.25) is 9.13 Å². The maximum Gasteiger partial charge on any atom is 0.389 e. The van der Waals surface area contributed by atoms with Gasteiger partial charge in [-0.15, -0.1) is 0 Å². The van der Waals surface area contributed by atoms with Crippen molar-refractivity contribution >= 4 is 15.2 Å². The molecule has 12 heteroatoms. The Kier molecular flexibility index (Phi) is 6.99. The van der Waals surface area contributed by atoms with Gasteiger partial charge in [-0.05, 0) is 37.1 Å². The van der Waals surface area contributed by atoms with Crippen LogP contribution in [0.15, 0.2) is 12.1 Å². The van der Waals surface area contributed by atoms with Crippen molar-refractivity contribution in [2.24, 2.45) is 0 Å². The summed E-state index contributed by atoms with van der Waals surface area (Å²) in [7, 11) is -5.56. The first-order chi connectivity index (χ1) is 11.8. The smallest absolute Gasteiger partial charge is 0.340 e. The Morgan fingerprint density at radius 1 is 0.731 bits per heavy atom. The van der Waals surface area contributed by atoms with Crippen molar-refractivity contribution in [1.29, 1.82) is 0 Å². The second-order valence-electron chi connectivity index (χ2n) is 5.55.